The van der Waals surface area contributed by atoms with E-state index in [2.05, 4.69) is 10.6 Å². The van der Waals surface area contributed by atoms with Crippen molar-refractivity contribution < 1.29 is 24.2 Å². The van der Waals surface area contributed by atoms with E-state index >= 15 is 0 Å². The number of carboxylic acids is 1. The van der Waals surface area contributed by atoms with Crippen molar-refractivity contribution in [3.63, 3.8) is 0 Å². The largest absolute Gasteiger partial charge is 0.480 e. The molecule has 7 nitrogen and oxygen atoms in total. The first kappa shape index (κ1) is 28.7. The number of carbonyl (C=O) groups is 3. The molecule has 1 fully saturated rings. The highest BCUT2D eigenvalue weighted by atomic mass is 32.2. The molecule has 0 aromatic heterocycles. The summed E-state index contributed by atoms with van der Waals surface area (Å²) in [5.41, 5.74) is 1.10. The van der Waals surface area contributed by atoms with Gasteiger partial charge in [0.15, 0.2) is 5.78 Å². The lowest BCUT2D eigenvalue weighted by atomic mass is 9.83. The average molecular weight is 511 g/mol. The third-order valence-electron chi connectivity index (χ3n) is 6.01. The van der Waals surface area contributed by atoms with Crippen LogP contribution in [-0.2, 0) is 25.5 Å². The van der Waals surface area contributed by atoms with Crippen molar-refractivity contribution >= 4 is 41.2 Å². The Hall–Kier alpha value is -1.55. The Morgan fingerprint density at radius 3 is 2.38 bits per heavy atom. The standard InChI is InChI=1S/C25H38N2O5S2/c1-5-32-24(31)19(14-13-18-11-9-8-10-12-18)27-17(4)22(28)20-21(23(29)30)26-16-15-25(20,33-6-2)34-7-3/h8-12,17,19-21,26-27H,5-7,13-16H2,1-4H3,(H,29,30)/t17-,19?,20?,21-/m0/s1. The van der Waals surface area contributed by atoms with E-state index in [1.54, 1.807) is 37.4 Å². The smallest absolute Gasteiger partial charge is 0.323 e. The molecule has 2 rings (SSSR count). The number of esters is 1. The van der Waals surface area contributed by atoms with Crippen LogP contribution in [0.1, 0.15) is 46.1 Å². The number of carboxylic acid groups (broad SMARTS) is 1. The van der Waals surface area contributed by atoms with Gasteiger partial charge >= 0.3 is 11.9 Å². The van der Waals surface area contributed by atoms with Crippen molar-refractivity contribution in [1.82, 2.24) is 10.6 Å². The fourth-order valence-electron chi connectivity index (χ4n) is 4.52. The van der Waals surface area contributed by atoms with Gasteiger partial charge in [0.1, 0.15) is 12.1 Å². The van der Waals surface area contributed by atoms with Gasteiger partial charge in [-0.25, -0.2) is 0 Å². The van der Waals surface area contributed by atoms with Crippen molar-refractivity contribution in [3.8, 4) is 0 Å². The molecule has 0 bridgehead atoms. The van der Waals surface area contributed by atoms with Crippen LogP contribution >= 0.6 is 23.5 Å². The fraction of sp³-hybridized carbons (Fsp3) is 0.640. The molecule has 0 amide bonds. The van der Waals surface area contributed by atoms with Crippen LogP contribution in [0.3, 0.4) is 0 Å². The zero-order valence-corrected chi connectivity index (χ0v) is 22.2. The van der Waals surface area contributed by atoms with E-state index in [4.69, 9.17) is 4.74 Å². The van der Waals surface area contributed by atoms with Crippen LogP contribution in [-0.4, -0.2) is 69.7 Å². The first-order chi connectivity index (χ1) is 16.3. The Morgan fingerprint density at radius 1 is 1.18 bits per heavy atom. The summed E-state index contributed by atoms with van der Waals surface area (Å²) in [4.78, 5) is 38.7. The average Bonchev–Trinajstić information content (AvgIpc) is 2.82. The number of Topliss-reactive ketones (excluding diaryl/α,β-unsaturated/α-hetero) is 1. The van der Waals surface area contributed by atoms with Gasteiger partial charge in [0.25, 0.3) is 0 Å². The Labute approximate surface area is 211 Å². The Kier molecular flexibility index (Phi) is 11.9. The number of aliphatic carboxylic acids is 1. The molecule has 34 heavy (non-hydrogen) atoms. The number of rotatable bonds is 14. The number of nitrogens with one attached hydrogen (secondary N) is 2. The van der Waals surface area contributed by atoms with Crippen LogP contribution in [0.4, 0.5) is 0 Å². The molecule has 0 spiro atoms. The minimum Gasteiger partial charge on any atom is -0.480 e. The fourth-order valence-corrected chi connectivity index (χ4v) is 7.89. The van der Waals surface area contributed by atoms with Crippen LogP contribution in [0.15, 0.2) is 30.3 Å². The maximum absolute atomic E-state index is 13.8. The van der Waals surface area contributed by atoms with Gasteiger partial charge in [0.05, 0.1) is 22.6 Å². The quantitative estimate of drug-likeness (QED) is 0.257. The number of benzene rings is 1. The number of hydrogen-bond donors (Lipinski definition) is 3. The second-order valence-electron chi connectivity index (χ2n) is 8.30. The van der Waals surface area contributed by atoms with Gasteiger partial charge < -0.3 is 15.2 Å². The molecule has 9 heteroatoms. The molecule has 1 heterocycles. The number of aryl methyl sites for hydroxylation is 1. The van der Waals surface area contributed by atoms with E-state index in [0.717, 1.165) is 17.1 Å². The zero-order chi connectivity index (χ0) is 25.1. The van der Waals surface area contributed by atoms with Gasteiger partial charge in [-0.15, -0.1) is 23.5 Å². The highest BCUT2D eigenvalue weighted by molar-refractivity contribution is 8.18. The van der Waals surface area contributed by atoms with Crippen LogP contribution in [0, 0.1) is 5.92 Å². The van der Waals surface area contributed by atoms with E-state index in [1.165, 1.54) is 0 Å². The van der Waals surface area contributed by atoms with E-state index in [0.29, 0.717) is 25.8 Å². The van der Waals surface area contributed by atoms with Gasteiger partial charge in [-0.2, -0.15) is 0 Å². The molecule has 2 unspecified atom stereocenters. The highest BCUT2D eigenvalue weighted by Gasteiger charge is 2.53. The van der Waals surface area contributed by atoms with E-state index in [1.807, 2.05) is 44.2 Å². The lowest BCUT2D eigenvalue weighted by Gasteiger charge is -2.46. The number of ether oxygens (including phenoxy) is 1. The number of piperidine rings is 1. The molecular weight excluding hydrogens is 472 g/mol. The van der Waals surface area contributed by atoms with Gasteiger partial charge in [0.2, 0.25) is 0 Å². The van der Waals surface area contributed by atoms with Crippen LogP contribution in [0.2, 0.25) is 0 Å². The first-order valence-electron chi connectivity index (χ1n) is 12.0. The molecule has 1 aliphatic rings. The Bertz CT molecular complexity index is 796. The minimum absolute atomic E-state index is 0.185. The van der Waals surface area contributed by atoms with Crippen molar-refractivity contribution in [1.29, 1.82) is 0 Å². The highest BCUT2D eigenvalue weighted by Crippen LogP contribution is 2.50. The molecule has 190 valence electrons. The summed E-state index contributed by atoms with van der Waals surface area (Å²) >= 11 is 3.32. The molecule has 3 N–H and O–H groups in total. The van der Waals surface area contributed by atoms with Crippen LogP contribution in [0.5, 0.6) is 0 Å². The summed E-state index contributed by atoms with van der Waals surface area (Å²) in [5.74, 6) is -0.759. The lowest BCUT2D eigenvalue weighted by molar-refractivity contribution is -0.148. The summed E-state index contributed by atoms with van der Waals surface area (Å²) < 4.78 is 4.75. The molecule has 0 saturated carbocycles. The second kappa shape index (κ2) is 14.1. The normalized spacial score (nSPS) is 21.4. The van der Waals surface area contributed by atoms with Crippen molar-refractivity contribution in [2.24, 2.45) is 5.92 Å². The Balaban J connectivity index is 2.26. The van der Waals surface area contributed by atoms with Gasteiger partial charge in [0, 0.05) is 0 Å². The monoisotopic (exact) mass is 510 g/mol. The molecule has 4 atom stereocenters. The lowest BCUT2D eigenvalue weighted by Crippen LogP contribution is -2.62. The topological polar surface area (TPSA) is 105 Å². The number of ketones is 1. The van der Waals surface area contributed by atoms with Crippen molar-refractivity contribution in [2.45, 2.75) is 69.2 Å². The number of hydrogen-bond acceptors (Lipinski definition) is 8. The van der Waals surface area contributed by atoms with Crippen molar-refractivity contribution in [2.75, 3.05) is 24.7 Å². The van der Waals surface area contributed by atoms with Crippen LogP contribution < -0.4 is 10.6 Å². The van der Waals surface area contributed by atoms with Gasteiger partial charge in [-0.1, -0.05) is 44.2 Å². The summed E-state index contributed by atoms with van der Waals surface area (Å²) in [7, 11) is 0. The third kappa shape index (κ3) is 7.47. The second-order valence-corrected chi connectivity index (χ2v) is 11.7. The summed E-state index contributed by atoms with van der Waals surface area (Å²) in [6.07, 6.45) is 1.83. The van der Waals surface area contributed by atoms with Crippen LogP contribution in [0.25, 0.3) is 0 Å². The van der Waals surface area contributed by atoms with Gasteiger partial charge in [-0.3, -0.25) is 19.7 Å². The van der Waals surface area contributed by atoms with E-state index in [-0.39, 0.29) is 12.4 Å². The molecule has 1 aromatic rings. The Morgan fingerprint density at radius 2 is 1.82 bits per heavy atom. The predicted octanol–water partition coefficient (Wildman–Crippen LogP) is 3.36. The summed E-state index contributed by atoms with van der Waals surface area (Å²) in [6.45, 7) is 8.34. The number of thioether (sulfide) groups is 2. The van der Waals surface area contributed by atoms with Gasteiger partial charge in [-0.05, 0) is 56.7 Å². The summed E-state index contributed by atoms with van der Waals surface area (Å²) in [5, 5.41) is 16.2. The molecule has 1 aliphatic heterocycles. The molecule has 0 aliphatic carbocycles. The summed E-state index contributed by atoms with van der Waals surface area (Å²) in [6, 6.07) is 7.52. The minimum atomic E-state index is -1.02. The zero-order valence-electron chi connectivity index (χ0n) is 20.5. The molecule has 0 radical (unpaired) electrons. The molecular formula is C25H38N2O5S2. The third-order valence-corrected chi connectivity index (χ3v) is 9.19. The number of carbonyl (C=O) groups excluding carboxylic acids is 2. The maximum atomic E-state index is 13.8. The first-order valence-corrected chi connectivity index (χ1v) is 14.0. The van der Waals surface area contributed by atoms with E-state index < -0.39 is 40.1 Å². The van der Waals surface area contributed by atoms with Crippen molar-refractivity contribution in [3.05, 3.63) is 35.9 Å². The maximum Gasteiger partial charge on any atom is 0.323 e. The molecule has 1 aromatic carbocycles. The predicted molar refractivity (Wildman–Crippen MR) is 139 cm³/mol. The SMILES string of the molecule is CCOC(=O)C(CCc1ccccc1)N[C@@H](C)C(=O)C1[C@@H](C(=O)O)NCCC1(SCC)SCC. The van der Waals surface area contributed by atoms with E-state index in [9.17, 15) is 19.5 Å². The molecule has 1 saturated heterocycles.